The first-order valence-electron chi connectivity index (χ1n) is 3.89. The Morgan fingerprint density at radius 1 is 1.38 bits per heavy atom. The molecule has 0 bridgehead atoms. The Bertz CT molecular complexity index is 359. The summed E-state index contributed by atoms with van der Waals surface area (Å²) < 4.78 is 30.3. The first-order chi connectivity index (χ1) is 5.81. The number of hydrogen-bond acceptors (Lipinski definition) is 3. The fourth-order valence-corrected chi connectivity index (χ4v) is 2.22. The first kappa shape index (κ1) is 10.3. The van der Waals surface area contributed by atoms with Crippen LogP contribution in [0.5, 0.6) is 0 Å². The van der Waals surface area contributed by atoms with E-state index in [9.17, 15) is 8.42 Å². The van der Waals surface area contributed by atoms with Crippen LogP contribution in [0, 0.1) is 0 Å². The molecule has 5 heteroatoms. The third-order valence-electron chi connectivity index (χ3n) is 1.20. The zero-order valence-corrected chi connectivity index (χ0v) is 8.68. The van der Waals surface area contributed by atoms with Crippen LogP contribution >= 0.6 is 0 Å². The van der Waals surface area contributed by atoms with Crippen molar-refractivity contribution in [2.75, 3.05) is 0 Å². The van der Waals surface area contributed by atoms with Gasteiger partial charge in [-0.15, -0.1) is 0 Å². The Hall–Kier alpha value is -0.810. The maximum Gasteiger partial charge on any atom is 0.274 e. The van der Waals surface area contributed by atoms with Gasteiger partial charge in [-0.05, 0) is 32.9 Å². The predicted octanol–water partition coefficient (Wildman–Crippen LogP) is 1.36. The molecule has 4 nitrogen and oxygen atoms in total. The smallest absolute Gasteiger partial charge is 0.274 e. The molecule has 74 valence electrons. The highest BCUT2D eigenvalue weighted by Crippen LogP contribution is 2.12. The predicted molar refractivity (Wildman–Crippen MR) is 48.8 cm³/mol. The second kappa shape index (κ2) is 3.16. The molecule has 0 radical (unpaired) electrons. The SMILES string of the molecule is CC(C)(C)NS(=O)(=O)c1ccco1. The summed E-state index contributed by atoms with van der Waals surface area (Å²) in [6, 6.07) is 2.95. The third kappa shape index (κ3) is 2.86. The Morgan fingerprint density at radius 2 is 2.00 bits per heavy atom. The van der Waals surface area contributed by atoms with Crippen LogP contribution < -0.4 is 4.72 Å². The summed E-state index contributed by atoms with van der Waals surface area (Å²) in [6.07, 6.45) is 1.33. The molecular formula is C8H13NO3S. The summed E-state index contributed by atoms with van der Waals surface area (Å²) in [5.74, 6) is 0. The fraction of sp³-hybridized carbons (Fsp3) is 0.500. The quantitative estimate of drug-likeness (QED) is 0.789. The lowest BCUT2D eigenvalue weighted by atomic mass is 10.1. The van der Waals surface area contributed by atoms with Gasteiger partial charge in [0.05, 0.1) is 6.26 Å². The molecular weight excluding hydrogens is 190 g/mol. The topological polar surface area (TPSA) is 59.3 Å². The average Bonchev–Trinajstić information content (AvgIpc) is 2.29. The molecule has 0 atom stereocenters. The molecule has 1 aromatic rings. The van der Waals surface area contributed by atoms with Gasteiger partial charge in [-0.1, -0.05) is 0 Å². The van der Waals surface area contributed by atoms with E-state index in [1.54, 1.807) is 20.8 Å². The molecule has 0 aliphatic rings. The van der Waals surface area contributed by atoms with Gasteiger partial charge in [-0.25, -0.2) is 13.1 Å². The van der Waals surface area contributed by atoms with Crippen LogP contribution in [0.2, 0.25) is 0 Å². The van der Waals surface area contributed by atoms with Gasteiger partial charge >= 0.3 is 0 Å². The highest BCUT2D eigenvalue weighted by Gasteiger charge is 2.23. The third-order valence-corrected chi connectivity index (χ3v) is 2.84. The van der Waals surface area contributed by atoms with E-state index in [4.69, 9.17) is 4.42 Å². The zero-order chi connectivity index (χ0) is 10.1. The standard InChI is InChI=1S/C8H13NO3S/c1-8(2,3)9-13(10,11)7-5-4-6-12-7/h4-6,9H,1-3H3. The van der Waals surface area contributed by atoms with E-state index in [0.717, 1.165) is 0 Å². The highest BCUT2D eigenvalue weighted by molar-refractivity contribution is 7.89. The van der Waals surface area contributed by atoms with Crippen molar-refractivity contribution in [3.05, 3.63) is 18.4 Å². The number of rotatable bonds is 2. The summed E-state index contributed by atoms with van der Waals surface area (Å²) >= 11 is 0. The normalized spacial score (nSPS) is 13.2. The van der Waals surface area contributed by atoms with E-state index >= 15 is 0 Å². The van der Waals surface area contributed by atoms with Crippen molar-refractivity contribution >= 4 is 10.0 Å². The van der Waals surface area contributed by atoms with Gasteiger partial charge in [0, 0.05) is 5.54 Å². The monoisotopic (exact) mass is 203 g/mol. The summed E-state index contributed by atoms with van der Waals surface area (Å²) in [6.45, 7) is 5.31. The molecule has 0 aliphatic heterocycles. The molecule has 0 spiro atoms. The zero-order valence-electron chi connectivity index (χ0n) is 7.87. The molecule has 0 aromatic carbocycles. The molecule has 0 unspecified atom stereocenters. The molecule has 0 saturated heterocycles. The fourth-order valence-electron chi connectivity index (χ4n) is 0.870. The van der Waals surface area contributed by atoms with Crippen LogP contribution in [0.15, 0.2) is 27.9 Å². The molecule has 13 heavy (non-hydrogen) atoms. The van der Waals surface area contributed by atoms with Gasteiger partial charge in [0.1, 0.15) is 0 Å². The molecule has 0 amide bonds. The lowest BCUT2D eigenvalue weighted by molar-refractivity contribution is 0.429. The van der Waals surface area contributed by atoms with Gasteiger partial charge in [-0.2, -0.15) is 0 Å². The largest absolute Gasteiger partial charge is 0.452 e. The molecule has 1 aromatic heterocycles. The van der Waals surface area contributed by atoms with Gasteiger partial charge in [0.25, 0.3) is 10.0 Å². The van der Waals surface area contributed by atoms with E-state index in [1.165, 1.54) is 18.4 Å². The van der Waals surface area contributed by atoms with Gasteiger partial charge in [0.15, 0.2) is 0 Å². The van der Waals surface area contributed by atoms with Crippen molar-refractivity contribution in [1.29, 1.82) is 0 Å². The van der Waals surface area contributed by atoms with Crippen LogP contribution in [0.4, 0.5) is 0 Å². The summed E-state index contributed by atoms with van der Waals surface area (Å²) in [5, 5.41) is -0.0533. The van der Waals surface area contributed by atoms with Crippen molar-refractivity contribution in [3.8, 4) is 0 Å². The van der Waals surface area contributed by atoms with E-state index in [0.29, 0.717) is 0 Å². The minimum Gasteiger partial charge on any atom is -0.452 e. The summed E-state index contributed by atoms with van der Waals surface area (Å²) in [5.41, 5.74) is -0.494. The summed E-state index contributed by atoms with van der Waals surface area (Å²) in [4.78, 5) is 0. The van der Waals surface area contributed by atoms with Crippen molar-refractivity contribution < 1.29 is 12.8 Å². The first-order valence-corrected chi connectivity index (χ1v) is 5.37. The maximum absolute atomic E-state index is 11.5. The number of hydrogen-bond donors (Lipinski definition) is 1. The van der Waals surface area contributed by atoms with Crippen molar-refractivity contribution in [3.63, 3.8) is 0 Å². The molecule has 1 N–H and O–H groups in total. The molecule has 1 heterocycles. The Kier molecular flexibility index (Phi) is 2.49. The van der Waals surface area contributed by atoms with Crippen LogP contribution in [0.3, 0.4) is 0 Å². The molecule has 0 saturated carbocycles. The van der Waals surface area contributed by atoms with Gasteiger partial charge < -0.3 is 4.42 Å². The van der Waals surface area contributed by atoms with Crippen molar-refractivity contribution in [1.82, 2.24) is 4.72 Å². The van der Waals surface area contributed by atoms with Gasteiger partial charge in [-0.3, -0.25) is 0 Å². The lowest BCUT2D eigenvalue weighted by Gasteiger charge is -2.18. The van der Waals surface area contributed by atoms with E-state index < -0.39 is 15.6 Å². The molecule has 1 rings (SSSR count). The van der Waals surface area contributed by atoms with E-state index in [1.807, 2.05) is 0 Å². The number of sulfonamides is 1. The second-order valence-electron chi connectivity index (χ2n) is 3.79. The van der Waals surface area contributed by atoms with Gasteiger partial charge in [0.2, 0.25) is 5.09 Å². The van der Waals surface area contributed by atoms with Crippen molar-refractivity contribution in [2.45, 2.75) is 31.4 Å². The Labute approximate surface area is 78.0 Å². The average molecular weight is 203 g/mol. The number of furan rings is 1. The van der Waals surface area contributed by atoms with E-state index in [2.05, 4.69) is 4.72 Å². The van der Waals surface area contributed by atoms with Crippen LogP contribution in [-0.4, -0.2) is 14.0 Å². The Balaban J connectivity index is 2.93. The molecule has 0 fully saturated rings. The Morgan fingerprint density at radius 3 is 2.38 bits per heavy atom. The van der Waals surface area contributed by atoms with Crippen LogP contribution in [0.25, 0.3) is 0 Å². The number of nitrogens with one attached hydrogen (secondary N) is 1. The maximum atomic E-state index is 11.5. The summed E-state index contributed by atoms with van der Waals surface area (Å²) in [7, 11) is -3.49. The second-order valence-corrected chi connectivity index (χ2v) is 5.40. The van der Waals surface area contributed by atoms with Crippen molar-refractivity contribution in [2.24, 2.45) is 0 Å². The van der Waals surface area contributed by atoms with Crippen LogP contribution in [-0.2, 0) is 10.0 Å². The minimum absolute atomic E-state index is 0.0533. The van der Waals surface area contributed by atoms with Crippen LogP contribution in [0.1, 0.15) is 20.8 Å². The highest BCUT2D eigenvalue weighted by atomic mass is 32.2. The lowest BCUT2D eigenvalue weighted by Crippen LogP contribution is -2.40. The molecule has 0 aliphatic carbocycles. The van der Waals surface area contributed by atoms with E-state index in [-0.39, 0.29) is 5.09 Å². The minimum atomic E-state index is -3.49.